The van der Waals surface area contributed by atoms with Crippen molar-refractivity contribution < 1.29 is 9.59 Å². The third kappa shape index (κ3) is 2.59. The molecule has 2 aromatic heterocycles. The van der Waals surface area contributed by atoms with Crippen molar-refractivity contribution in [2.24, 2.45) is 5.92 Å². The van der Waals surface area contributed by atoms with Gasteiger partial charge in [0, 0.05) is 30.7 Å². The number of hydrogen-bond donors (Lipinski definition) is 2. The minimum absolute atomic E-state index is 0.000434. The van der Waals surface area contributed by atoms with Crippen LogP contribution in [0.2, 0.25) is 0 Å². The summed E-state index contributed by atoms with van der Waals surface area (Å²) in [6.07, 6.45) is 3.58. The molecular formula is C20H22N6O2. The third-order valence-electron chi connectivity index (χ3n) is 6.06. The van der Waals surface area contributed by atoms with Gasteiger partial charge in [-0.2, -0.15) is 10.2 Å². The number of fused-ring (bicyclic) bond motifs is 2. The van der Waals surface area contributed by atoms with Crippen molar-refractivity contribution in [3.63, 3.8) is 0 Å². The van der Waals surface area contributed by atoms with Crippen LogP contribution in [0.25, 0.3) is 10.9 Å². The number of aromatic amines is 2. The molecule has 2 aliphatic rings. The Balaban J connectivity index is 1.39. The molecule has 3 aromatic rings. The topological polar surface area (TPSA) is 98.0 Å². The SMILES string of the molecule is Cc1[nH]ncc1C(=O)N1CCC[C@@H]2CN(C(=O)c3n[nH]c4ccccc34)C[C@@H]21. The molecule has 28 heavy (non-hydrogen) atoms. The van der Waals surface area contributed by atoms with Gasteiger partial charge in [0.2, 0.25) is 0 Å². The van der Waals surface area contributed by atoms with E-state index in [2.05, 4.69) is 20.4 Å². The molecule has 2 saturated heterocycles. The van der Waals surface area contributed by atoms with Crippen LogP contribution in [0.5, 0.6) is 0 Å². The number of nitrogens with one attached hydrogen (secondary N) is 2. The maximum Gasteiger partial charge on any atom is 0.275 e. The number of para-hydroxylation sites is 1. The Morgan fingerprint density at radius 2 is 2.00 bits per heavy atom. The Morgan fingerprint density at radius 3 is 2.82 bits per heavy atom. The number of likely N-dealkylation sites (tertiary alicyclic amines) is 2. The highest BCUT2D eigenvalue weighted by Gasteiger charge is 2.43. The second-order valence-corrected chi connectivity index (χ2v) is 7.70. The van der Waals surface area contributed by atoms with E-state index in [0.29, 0.717) is 30.3 Å². The van der Waals surface area contributed by atoms with Crippen LogP contribution in [0, 0.1) is 12.8 Å². The summed E-state index contributed by atoms with van der Waals surface area (Å²) in [5.74, 6) is 0.235. The first kappa shape index (κ1) is 17.0. The van der Waals surface area contributed by atoms with Crippen LogP contribution in [0.3, 0.4) is 0 Å². The van der Waals surface area contributed by atoms with Gasteiger partial charge in [-0.15, -0.1) is 0 Å². The molecule has 0 aliphatic carbocycles. The van der Waals surface area contributed by atoms with Crippen LogP contribution in [-0.2, 0) is 0 Å². The molecule has 0 bridgehead atoms. The van der Waals surface area contributed by atoms with Crippen molar-refractivity contribution in [2.45, 2.75) is 25.8 Å². The lowest BCUT2D eigenvalue weighted by Crippen LogP contribution is -2.48. The molecule has 4 heterocycles. The van der Waals surface area contributed by atoms with Crippen LogP contribution in [0.15, 0.2) is 30.5 Å². The summed E-state index contributed by atoms with van der Waals surface area (Å²) in [4.78, 5) is 30.0. The fraction of sp³-hybridized carbons (Fsp3) is 0.400. The van der Waals surface area contributed by atoms with Crippen LogP contribution in [0.1, 0.15) is 39.4 Å². The summed E-state index contributed by atoms with van der Waals surface area (Å²) in [7, 11) is 0. The summed E-state index contributed by atoms with van der Waals surface area (Å²) < 4.78 is 0. The molecule has 0 unspecified atom stereocenters. The number of hydrogen-bond acceptors (Lipinski definition) is 4. The van der Waals surface area contributed by atoms with Crippen molar-refractivity contribution in [3.8, 4) is 0 Å². The van der Waals surface area contributed by atoms with Gasteiger partial charge in [-0.25, -0.2) is 0 Å². The lowest BCUT2D eigenvalue weighted by Gasteiger charge is -2.36. The van der Waals surface area contributed by atoms with Gasteiger partial charge in [0.1, 0.15) is 0 Å². The lowest BCUT2D eigenvalue weighted by molar-refractivity contribution is 0.0563. The van der Waals surface area contributed by atoms with E-state index in [0.717, 1.165) is 36.0 Å². The Morgan fingerprint density at radius 1 is 1.14 bits per heavy atom. The molecule has 8 heteroatoms. The van der Waals surface area contributed by atoms with Gasteiger partial charge in [-0.05, 0) is 31.7 Å². The first-order valence-corrected chi connectivity index (χ1v) is 9.67. The molecule has 0 saturated carbocycles. The second kappa shape index (κ2) is 6.47. The first-order chi connectivity index (χ1) is 13.6. The van der Waals surface area contributed by atoms with Crippen LogP contribution in [0.4, 0.5) is 0 Å². The molecule has 5 rings (SSSR count). The zero-order valence-corrected chi connectivity index (χ0v) is 15.7. The molecule has 2 amide bonds. The number of aromatic nitrogens is 4. The Bertz CT molecular complexity index is 1050. The molecule has 0 spiro atoms. The molecule has 2 N–H and O–H groups in total. The van der Waals surface area contributed by atoms with E-state index >= 15 is 0 Å². The average Bonchev–Trinajstić information content (AvgIpc) is 3.44. The van der Waals surface area contributed by atoms with Crippen molar-refractivity contribution in [3.05, 3.63) is 47.4 Å². The number of rotatable bonds is 2. The molecule has 144 valence electrons. The monoisotopic (exact) mass is 378 g/mol. The van der Waals surface area contributed by atoms with E-state index in [1.165, 1.54) is 0 Å². The number of carbonyl (C=O) groups excluding carboxylic acids is 2. The third-order valence-corrected chi connectivity index (χ3v) is 6.06. The fourth-order valence-corrected chi connectivity index (χ4v) is 4.60. The van der Waals surface area contributed by atoms with Crippen molar-refractivity contribution in [1.82, 2.24) is 30.2 Å². The van der Waals surface area contributed by atoms with E-state index in [1.807, 2.05) is 41.0 Å². The number of amides is 2. The van der Waals surface area contributed by atoms with E-state index in [4.69, 9.17) is 0 Å². The summed E-state index contributed by atoms with van der Waals surface area (Å²) in [6, 6.07) is 7.69. The molecule has 2 fully saturated rings. The molecule has 2 aliphatic heterocycles. The van der Waals surface area contributed by atoms with E-state index in [9.17, 15) is 9.59 Å². The van der Waals surface area contributed by atoms with E-state index in [-0.39, 0.29) is 17.9 Å². The minimum atomic E-state index is -0.0706. The standard InChI is InChI=1S/C20H22N6O2/c1-12-15(9-21-22-12)19(27)26-8-4-5-13-10-25(11-17(13)26)20(28)18-14-6-2-3-7-16(14)23-24-18/h2-3,6-7,9,13,17H,4-5,8,10-11H2,1H3,(H,21,22)(H,23,24)/t13-,17+/m1/s1. The fourth-order valence-electron chi connectivity index (χ4n) is 4.60. The quantitative estimate of drug-likeness (QED) is 0.712. The number of piperidine rings is 1. The first-order valence-electron chi connectivity index (χ1n) is 9.67. The number of nitrogens with zero attached hydrogens (tertiary/aromatic N) is 4. The highest BCUT2D eigenvalue weighted by atomic mass is 16.2. The predicted molar refractivity (Wildman–Crippen MR) is 103 cm³/mol. The van der Waals surface area contributed by atoms with Gasteiger partial charge in [-0.1, -0.05) is 18.2 Å². The number of H-pyrrole nitrogens is 2. The van der Waals surface area contributed by atoms with Gasteiger partial charge >= 0.3 is 0 Å². The zero-order valence-electron chi connectivity index (χ0n) is 15.7. The summed E-state index contributed by atoms with van der Waals surface area (Å²) in [6.45, 7) is 3.79. The lowest BCUT2D eigenvalue weighted by atomic mass is 9.91. The van der Waals surface area contributed by atoms with Crippen LogP contribution < -0.4 is 0 Å². The largest absolute Gasteiger partial charge is 0.335 e. The van der Waals surface area contributed by atoms with Gasteiger partial charge in [-0.3, -0.25) is 19.8 Å². The maximum absolute atomic E-state index is 13.1. The Kier molecular flexibility index (Phi) is 3.92. The number of carbonyl (C=O) groups is 2. The second-order valence-electron chi connectivity index (χ2n) is 7.70. The predicted octanol–water partition coefficient (Wildman–Crippen LogP) is 1.97. The summed E-state index contributed by atoms with van der Waals surface area (Å²) >= 11 is 0. The summed E-state index contributed by atoms with van der Waals surface area (Å²) in [5, 5.41) is 14.8. The highest BCUT2D eigenvalue weighted by molar-refractivity contribution is 6.04. The van der Waals surface area contributed by atoms with Gasteiger partial charge in [0.25, 0.3) is 11.8 Å². The average molecular weight is 378 g/mol. The zero-order chi connectivity index (χ0) is 19.3. The molecule has 2 atom stereocenters. The van der Waals surface area contributed by atoms with Gasteiger partial charge in [0.15, 0.2) is 5.69 Å². The van der Waals surface area contributed by atoms with Crippen molar-refractivity contribution in [1.29, 1.82) is 0 Å². The van der Waals surface area contributed by atoms with E-state index < -0.39 is 0 Å². The van der Waals surface area contributed by atoms with E-state index in [1.54, 1.807) is 6.20 Å². The minimum Gasteiger partial charge on any atom is -0.335 e. The molecule has 1 aromatic carbocycles. The highest BCUT2D eigenvalue weighted by Crippen LogP contribution is 2.33. The number of benzene rings is 1. The maximum atomic E-state index is 13.1. The van der Waals surface area contributed by atoms with Crippen molar-refractivity contribution >= 4 is 22.7 Å². The molecular weight excluding hydrogens is 356 g/mol. The van der Waals surface area contributed by atoms with Gasteiger partial charge < -0.3 is 9.80 Å². The van der Waals surface area contributed by atoms with Gasteiger partial charge in [0.05, 0.1) is 23.3 Å². The number of aryl methyl sites for hydroxylation is 1. The van der Waals surface area contributed by atoms with Crippen LogP contribution in [-0.4, -0.2) is 67.7 Å². The molecule has 0 radical (unpaired) electrons. The summed E-state index contributed by atoms with van der Waals surface area (Å²) in [5.41, 5.74) is 2.71. The molecule has 8 nitrogen and oxygen atoms in total. The van der Waals surface area contributed by atoms with Crippen LogP contribution >= 0.6 is 0 Å². The van der Waals surface area contributed by atoms with Crippen molar-refractivity contribution in [2.75, 3.05) is 19.6 Å². The normalized spacial score (nSPS) is 21.9. The Hall–Kier alpha value is -3.16. The smallest absolute Gasteiger partial charge is 0.275 e. The Labute approximate surface area is 161 Å².